The number of rotatable bonds is 10. The Morgan fingerprint density at radius 2 is 0.651 bits per heavy atom. The zero-order valence-electron chi connectivity index (χ0n) is 59.1. The van der Waals surface area contributed by atoms with Gasteiger partial charge in [-0.2, -0.15) is 0 Å². The lowest BCUT2D eigenvalue weighted by molar-refractivity contribution is 0.590. The number of aromatic nitrogens is 1. The molecule has 19 aromatic rings. The summed E-state index contributed by atoms with van der Waals surface area (Å²) >= 11 is 0. The second-order valence-corrected chi connectivity index (χ2v) is 29.8. The van der Waals surface area contributed by atoms with Crippen LogP contribution in [0.15, 0.2) is 370 Å². The molecular weight excluding hydrogens is 1280 g/mol. The van der Waals surface area contributed by atoms with Gasteiger partial charge in [-0.1, -0.05) is 324 Å². The quantitative estimate of drug-likeness (QED) is 0.0768. The molecule has 3 nitrogen and oxygen atoms in total. The second-order valence-electron chi connectivity index (χ2n) is 29.8. The highest BCUT2D eigenvalue weighted by Gasteiger charge is 2.46. The molecule has 0 amide bonds. The topological polar surface area (TPSA) is 11.4 Å². The highest BCUT2D eigenvalue weighted by Crippen LogP contribution is 2.56. The molecule has 0 aliphatic carbocycles. The maximum absolute atomic E-state index is 2.73. The van der Waals surface area contributed by atoms with Gasteiger partial charge >= 0.3 is 0 Å². The number of hydrogen-bond acceptors (Lipinski definition) is 2. The van der Waals surface area contributed by atoms with Crippen LogP contribution in [0.25, 0.3) is 148 Å². The monoisotopic (exact) mass is 1350 g/mol. The van der Waals surface area contributed by atoms with Crippen LogP contribution in [-0.4, -0.2) is 11.3 Å². The van der Waals surface area contributed by atoms with Crippen molar-refractivity contribution in [2.45, 2.75) is 26.2 Å². The number of benzene rings is 18. The van der Waals surface area contributed by atoms with E-state index in [1.165, 1.54) is 86.9 Å². The minimum absolute atomic E-state index is 0.277. The third-order valence-corrected chi connectivity index (χ3v) is 22.8. The molecule has 21 rings (SSSR count). The Morgan fingerprint density at radius 3 is 1.13 bits per heavy atom. The molecule has 0 saturated heterocycles. The van der Waals surface area contributed by atoms with E-state index in [1.807, 2.05) is 0 Å². The summed E-state index contributed by atoms with van der Waals surface area (Å²) < 4.78 is 2.51. The molecule has 0 bridgehead atoms. The van der Waals surface area contributed by atoms with Gasteiger partial charge in [-0.3, -0.25) is 0 Å². The SMILES string of the molecule is CC(C)(C)c1cc2c3c(c1)N(c1c(-c4ccccc4)cc(-c4ccccc4)cc1-c1ccccc1)c1cc(-n4c5ccccc5c5ccccc54)ccc1B3c1cc(-c3ccc4c5cccc6cccc(c7cccc3c74)c65)ccc1N2c1c(-c2ccccc2)cc(-c2ccccc2)cc1-c1ccccc1. The van der Waals surface area contributed by atoms with Gasteiger partial charge in [0, 0.05) is 61.5 Å². The van der Waals surface area contributed by atoms with Crippen molar-refractivity contribution < 1.29 is 0 Å². The molecule has 2 aliphatic rings. The van der Waals surface area contributed by atoms with Crippen LogP contribution in [0.5, 0.6) is 0 Å². The molecule has 0 spiro atoms. The van der Waals surface area contributed by atoms with E-state index in [-0.39, 0.29) is 12.1 Å². The summed E-state index contributed by atoms with van der Waals surface area (Å²) in [5.74, 6) is 0. The van der Waals surface area contributed by atoms with Gasteiger partial charge in [0.25, 0.3) is 6.71 Å². The van der Waals surface area contributed by atoms with E-state index < -0.39 is 0 Å². The highest BCUT2D eigenvalue weighted by atomic mass is 15.2. The first kappa shape index (κ1) is 61.4. The van der Waals surface area contributed by atoms with Crippen molar-refractivity contribution in [1.82, 2.24) is 4.57 Å². The van der Waals surface area contributed by atoms with Crippen molar-refractivity contribution in [2.24, 2.45) is 0 Å². The van der Waals surface area contributed by atoms with Crippen LogP contribution < -0.4 is 26.2 Å². The van der Waals surface area contributed by atoms with Gasteiger partial charge in [-0.25, -0.2) is 0 Å². The van der Waals surface area contributed by atoms with E-state index in [4.69, 9.17) is 0 Å². The number of para-hydroxylation sites is 2. The summed E-state index contributed by atoms with van der Waals surface area (Å²) in [6.45, 7) is 6.91. The van der Waals surface area contributed by atoms with Crippen molar-refractivity contribution in [2.75, 3.05) is 9.80 Å². The molecule has 0 N–H and O–H groups in total. The molecular formula is C102H70BN3. The van der Waals surface area contributed by atoms with Crippen LogP contribution >= 0.6 is 0 Å². The summed E-state index contributed by atoms with van der Waals surface area (Å²) in [4.78, 5) is 5.44. The lowest BCUT2D eigenvalue weighted by Crippen LogP contribution is -2.61. The first-order valence-electron chi connectivity index (χ1n) is 37.1. The molecule has 1 aromatic heterocycles. The van der Waals surface area contributed by atoms with E-state index in [0.29, 0.717) is 0 Å². The zero-order valence-corrected chi connectivity index (χ0v) is 59.1. The fourth-order valence-corrected chi connectivity index (χ4v) is 18.0. The molecule has 3 heterocycles. The number of nitrogens with zero attached hydrogens (tertiary/aromatic N) is 3. The molecule has 496 valence electrons. The van der Waals surface area contributed by atoms with Gasteiger partial charge in [-0.05, 0) is 193 Å². The fourth-order valence-electron chi connectivity index (χ4n) is 18.0. The Kier molecular flexibility index (Phi) is 14.0. The Labute approximate surface area is 617 Å². The minimum Gasteiger partial charge on any atom is -0.310 e. The summed E-state index contributed by atoms with van der Waals surface area (Å²) in [6, 6.07) is 140. The highest BCUT2D eigenvalue weighted by molar-refractivity contribution is 7.00. The molecule has 0 atom stereocenters. The average Bonchev–Trinajstić information content (AvgIpc) is 0.737. The van der Waals surface area contributed by atoms with Crippen LogP contribution in [0.1, 0.15) is 26.3 Å². The summed E-state index contributed by atoms with van der Waals surface area (Å²) in [5.41, 5.74) is 30.8. The molecule has 4 heteroatoms. The van der Waals surface area contributed by atoms with Crippen LogP contribution in [0.3, 0.4) is 0 Å². The normalized spacial score (nSPS) is 12.6. The van der Waals surface area contributed by atoms with Crippen molar-refractivity contribution in [3.8, 4) is 83.6 Å². The smallest absolute Gasteiger partial charge is 0.252 e. The van der Waals surface area contributed by atoms with Crippen LogP contribution in [0.4, 0.5) is 34.1 Å². The van der Waals surface area contributed by atoms with Crippen molar-refractivity contribution in [3.05, 3.63) is 376 Å². The van der Waals surface area contributed by atoms with Gasteiger partial charge in [0.15, 0.2) is 0 Å². The molecule has 18 aromatic carbocycles. The predicted molar refractivity (Wildman–Crippen MR) is 453 cm³/mol. The molecule has 0 fully saturated rings. The van der Waals surface area contributed by atoms with Gasteiger partial charge < -0.3 is 14.4 Å². The standard InChI is InChI=1S/C102H70BN3/c1-102(2,3)75-62-95-99-96(63-75)106(101-87(69-37-18-8-19-38-69)59-74(66-31-12-5-13-32-66)60-88(101)70-39-20-9-21-40-70)94-64-76(104-91-49-24-22-43-78(91)79-44-23-25-50-92(79)104)52-55-89(94)103(99)90-61-72(77-53-54-84-82-46-27-42-71-41-26-45-81(97(71)82)83-48-28-47-80(77)98(83)84)51-56-93(90)105(95)100-85(67-33-14-6-15-34-67)57-73(65-29-10-4-11-30-65)58-86(100)68-35-16-7-17-36-68/h4-64H,1-3H3. The first-order valence-corrected chi connectivity index (χ1v) is 37.1. The third-order valence-electron chi connectivity index (χ3n) is 22.8. The third kappa shape index (κ3) is 9.61. The summed E-state index contributed by atoms with van der Waals surface area (Å²) in [7, 11) is 0. The Bertz CT molecular complexity index is 6490. The number of fused-ring (bicyclic) bond motifs is 9. The van der Waals surface area contributed by atoms with E-state index in [9.17, 15) is 0 Å². The maximum atomic E-state index is 2.73. The number of anilines is 6. The van der Waals surface area contributed by atoms with Gasteiger partial charge in [0.05, 0.1) is 22.4 Å². The van der Waals surface area contributed by atoms with Gasteiger partial charge in [0.2, 0.25) is 0 Å². The Balaban J connectivity index is 0.936. The van der Waals surface area contributed by atoms with Crippen molar-refractivity contribution in [3.63, 3.8) is 0 Å². The van der Waals surface area contributed by atoms with E-state index >= 15 is 0 Å². The van der Waals surface area contributed by atoms with Crippen LogP contribution in [-0.2, 0) is 5.41 Å². The number of hydrogen-bond donors (Lipinski definition) is 0. The zero-order chi connectivity index (χ0) is 70.3. The molecule has 2 aliphatic heterocycles. The lowest BCUT2D eigenvalue weighted by atomic mass is 9.33. The first-order chi connectivity index (χ1) is 52.3. The Morgan fingerprint density at radius 1 is 0.245 bits per heavy atom. The fraction of sp³-hybridized carbons (Fsp3) is 0.0392. The molecule has 106 heavy (non-hydrogen) atoms. The predicted octanol–water partition coefficient (Wildman–Crippen LogP) is 25.9. The largest absolute Gasteiger partial charge is 0.310 e. The van der Waals surface area contributed by atoms with Gasteiger partial charge in [-0.15, -0.1) is 0 Å². The molecule has 0 saturated carbocycles. The maximum Gasteiger partial charge on any atom is 0.252 e. The Hall–Kier alpha value is -13.3. The minimum atomic E-state index is -0.336. The van der Waals surface area contributed by atoms with Crippen molar-refractivity contribution >= 4 is 122 Å². The van der Waals surface area contributed by atoms with E-state index in [1.54, 1.807) is 0 Å². The van der Waals surface area contributed by atoms with Crippen LogP contribution in [0, 0.1) is 0 Å². The molecule has 0 unspecified atom stereocenters. The lowest BCUT2D eigenvalue weighted by Gasteiger charge is -2.46. The van der Waals surface area contributed by atoms with Crippen molar-refractivity contribution in [1.29, 1.82) is 0 Å². The summed E-state index contributed by atoms with van der Waals surface area (Å²) in [6.07, 6.45) is 0. The second kappa shape index (κ2) is 24.2. The van der Waals surface area contributed by atoms with Crippen LogP contribution in [0.2, 0.25) is 0 Å². The molecule has 0 radical (unpaired) electrons. The average molecular weight is 1350 g/mol. The van der Waals surface area contributed by atoms with Gasteiger partial charge in [0.1, 0.15) is 0 Å². The summed E-state index contributed by atoms with van der Waals surface area (Å²) in [5, 5.41) is 12.7. The van der Waals surface area contributed by atoms with E-state index in [0.717, 1.165) is 118 Å². The van der Waals surface area contributed by atoms with E-state index in [2.05, 4.69) is 405 Å².